The van der Waals surface area contributed by atoms with Crippen LogP contribution >= 0.6 is 0 Å². The molecule has 1 aromatic carbocycles. The van der Waals surface area contributed by atoms with Gasteiger partial charge in [-0.2, -0.15) is 0 Å². The normalized spacial score (nSPS) is 15.8. The van der Waals surface area contributed by atoms with Gasteiger partial charge in [-0.25, -0.2) is 0 Å². The molecule has 0 saturated carbocycles. The predicted molar refractivity (Wildman–Crippen MR) is 55.1 cm³/mol. The van der Waals surface area contributed by atoms with Crippen molar-refractivity contribution in [1.29, 1.82) is 0 Å². The van der Waals surface area contributed by atoms with Crippen molar-refractivity contribution < 1.29 is 4.43 Å². The molecule has 0 spiro atoms. The van der Waals surface area contributed by atoms with Crippen LogP contribution in [-0.2, 0) is 10.0 Å². The van der Waals surface area contributed by atoms with E-state index in [1.54, 1.807) is 0 Å². The molecule has 0 bridgehead atoms. The summed E-state index contributed by atoms with van der Waals surface area (Å²) in [4.78, 5) is 0. The van der Waals surface area contributed by atoms with Crippen molar-refractivity contribution in [2.24, 2.45) is 0 Å². The highest BCUT2D eigenvalue weighted by atomic mass is 28.2. The molecule has 1 rings (SSSR count). The highest BCUT2D eigenvalue weighted by Crippen LogP contribution is 2.27. The Morgan fingerprint density at radius 1 is 1.33 bits per heavy atom. The van der Waals surface area contributed by atoms with Crippen LogP contribution in [0, 0.1) is 0 Å². The molecular weight excluding hydrogens is 164 g/mol. The van der Waals surface area contributed by atoms with Crippen LogP contribution < -0.4 is 0 Å². The molecule has 2 heteroatoms. The van der Waals surface area contributed by atoms with Gasteiger partial charge in [-0.05, 0) is 18.9 Å². The summed E-state index contributed by atoms with van der Waals surface area (Å²) < 4.78 is 5.61. The van der Waals surface area contributed by atoms with Gasteiger partial charge in [-0.3, -0.25) is 0 Å². The first-order chi connectivity index (χ1) is 5.73. The van der Waals surface area contributed by atoms with Gasteiger partial charge in [0.25, 0.3) is 0 Å². The largest absolute Gasteiger partial charge is 0.419 e. The van der Waals surface area contributed by atoms with Crippen molar-refractivity contribution in [3.8, 4) is 0 Å². The van der Waals surface area contributed by atoms with Gasteiger partial charge in [0.1, 0.15) is 10.5 Å². The van der Waals surface area contributed by atoms with Crippen LogP contribution in [0.15, 0.2) is 30.3 Å². The maximum Gasteiger partial charge on any atom is 0.147 e. The first kappa shape index (κ1) is 9.48. The lowest BCUT2D eigenvalue weighted by Crippen LogP contribution is -2.23. The summed E-state index contributed by atoms with van der Waals surface area (Å²) in [7, 11) is 0.791. The second kappa shape index (κ2) is 3.87. The van der Waals surface area contributed by atoms with Gasteiger partial charge in [0.15, 0.2) is 0 Å². The quantitative estimate of drug-likeness (QED) is 0.642. The lowest BCUT2D eigenvalue weighted by Gasteiger charge is -2.27. The lowest BCUT2D eigenvalue weighted by molar-refractivity contribution is 0.0955. The summed E-state index contributed by atoms with van der Waals surface area (Å²) in [6.45, 7) is 4.31. The summed E-state index contributed by atoms with van der Waals surface area (Å²) >= 11 is 0. The Balaban J connectivity index is 2.95. The van der Waals surface area contributed by atoms with Crippen LogP contribution in [-0.4, -0.2) is 10.5 Å². The summed E-state index contributed by atoms with van der Waals surface area (Å²) in [5, 5.41) is 0. The Morgan fingerprint density at radius 2 is 1.92 bits per heavy atom. The Bertz CT molecular complexity index is 229. The van der Waals surface area contributed by atoms with E-state index in [2.05, 4.69) is 38.1 Å². The molecule has 1 aromatic rings. The van der Waals surface area contributed by atoms with Crippen LogP contribution in [0.5, 0.6) is 0 Å². The second-order valence-electron chi connectivity index (χ2n) is 3.15. The van der Waals surface area contributed by atoms with E-state index in [1.807, 2.05) is 6.07 Å². The van der Waals surface area contributed by atoms with Crippen molar-refractivity contribution in [1.82, 2.24) is 0 Å². The fourth-order valence-corrected chi connectivity index (χ4v) is 1.78. The van der Waals surface area contributed by atoms with E-state index in [1.165, 1.54) is 5.56 Å². The topological polar surface area (TPSA) is 9.23 Å². The molecule has 0 amide bonds. The van der Waals surface area contributed by atoms with Crippen LogP contribution in [0.1, 0.15) is 25.8 Å². The molecule has 0 aliphatic rings. The zero-order valence-corrected chi connectivity index (χ0v) is 10.0. The molecule has 0 aliphatic heterocycles. The first-order valence-corrected chi connectivity index (χ1v) is 5.15. The van der Waals surface area contributed by atoms with Crippen molar-refractivity contribution in [2.45, 2.75) is 25.9 Å². The van der Waals surface area contributed by atoms with Crippen LogP contribution in [0.25, 0.3) is 0 Å². The molecule has 66 valence electrons. The number of hydrogen-bond acceptors (Lipinski definition) is 1. The summed E-state index contributed by atoms with van der Waals surface area (Å²) in [6.07, 6.45) is 1.03. The molecule has 0 saturated heterocycles. The van der Waals surface area contributed by atoms with E-state index in [4.69, 9.17) is 4.43 Å². The SMILES string of the molecule is CCC(C)(O[SiH3])c1ccccc1. The molecular formula is C10H16OSi. The van der Waals surface area contributed by atoms with Gasteiger partial charge in [0, 0.05) is 0 Å². The van der Waals surface area contributed by atoms with Crippen molar-refractivity contribution in [3.05, 3.63) is 35.9 Å². The highest BCUT2D eigenvalue weighted by molar-refractivity contribution is 5.98. The fourth-order valence-electron chi connectivity index (χ4n) is 1.26. The van der Waals surface area contributed by atoms with E-state index in [0.29, 0.717) is 0 Å². The average Bonchev–Trinajstić information content (AvgIpc) is 2.18. The molecule has 0 heterocycles. The third kappa shape index (κ3) is 1.76. The molecule has 0 aliphatic carbocycles. The van der Waals surface area contributed by atoms with Crippen LogP contribution in [0.4, 0.5) is 0 Å². The molecule has 12 heavy (non-hydrogen) atoms. The van der Waals surface area contributed by atoms with Gasteiger partial charge in [-0.15, -0.1) is 0 Å². The van der Waals surface area contributed by atoms with Crippen molar-refractivity contribution in [3.63, 3.8) is 0 Å². The smallest absolute Gasteiger partial charge is 0.147 e. The van der Waals surface area contributed by atoms with E-state index in [0.717, 1.165) is 16.9 Å². The average molecular weight is 180 g/mol. The molecule has 1 atom stereocenters. The number of hydrogen-bond donors (Lipinski definition) is 0. The third-order valence-electron chi connectivity index (χ3n) is 2.51. The van der Waals surface area contributed by atoms with Gasteiger partial charge in [-0.1, -0.05) is 37.3 Å². The minimum atomic E-state index is -0.0620. The van der Waals surface area contributed by atoms with Crippen LogP contribution in [0.3, 0.4) is 0 Å². The van der Waals surface area contributed by atoms with Crippen molar-refractivity contribution >= 4 is 10.5 Å². The number of rotatable bonds is 3. The zero-order chi connectivity index (χ0) is 9.03. The monoisotopic (exact) mass is 180 g/mol. The van der Waals surface area contributed by atoms with E-state index in [-0.39, 0.29) is 5.60 Å². The maximum absolute atomic E-state index is 5.61. The van der Waals surface area contributed by atoms with Gasteiger partial charge in [0.05, 0.1) is 5.60 Å². The predicted octanol–water partition coefficient (Wildman–Crippen LogP) is 1.61. The Kier molecular flexibility index (Phi) is 3.06. The minimum absolute atomic E-state index is 0.0620. The second-order valence-corrected chi connectivity index (χ2v) is 3.56. The maximum atomic E-state index is 5.61. The molecule has 0 aromatic heterocycles. The zero-order valence-electron chi connectivity index (χ0n) is 8.00. The third-order valence-corrected chi connectivity index (χ3v) is 3.41. The van der Waals surface area contributed by atoms with E-state index >= 15 is 0 Å². The lowest BCUT2D eigenvalue weighted by atomic mass is 9.94. The summed E-state index contributed by atoms with van der Waals surface area (Å²) in [5.74, 6) is 0. The van der Waals surface area contributed by atoms with Gasteiger partial charge in [0.2, 0.25) is 0 Å². The van der Waals surface area contributed by atoms with Crippen molar-refractivity contribution in [2.75, 3.05) is 0 Å². The molecule has 0 fully saturated rings. The standard InChI is InChI=1S/C10H16OSi/c1-3-10(2,11-12)9-7-5-4-6-8-9/h4-8H,3H2,1-2,12H3. The molecule has 1 nitrogen and oxygen atoms in total. The van der Waals surface area contributed by atoms with Gasteiger partial charge >= 0.3 is 0 Å². The van der Waals surface area contributed by atoms with E-state index in [9.17, 15) is 0 Å². The molecule has 0 radical (unpaired) electrons. The summed E-state index contributed by atoms with van der Waals surface area (Å²) in [6, 6.07) is 10.4. The van der Waals surface area contributed by atoms with E-state index < -0.39 is 0 Å². The number of benzene rings is 1. The Hall–Kier alpha value is -0.603. The fraction of sp³-hybridized carbons (Fsp3) is 0.400. The van der Waals surface area contributed by atoms with Crippen LogP contribution in [0.2, 0.25) is 0 Å². The molecule has 1 unspecified atom stereocenters. The minimum Gasteiger partial charge on any atom is -0.419 e. The molecule has 0 N–H and O–H groups in total. The van der Waals surface area contributed by atoms with Gasteiger partial charge < -0.3 is 4.43 Å². The first-order valence-electron chi connectivity index (χ1n) is 4.33. The Morgan fingerprint density at radius 3 is 2.33 bits per heavy atom. The summed E-state index contributed by atoms with van der Waals surface area (Å²) in [5.41, 5.74) is 1.22. The Labute approximate surface area is 77.3 Å². The highest BCUT2D eigenvalue weighted by Gasteiger charge is 2.21.